The van der Waals surface area contributed by atoms with Crippen LogP contribution < -0.4 is 0 Å². The van der Waals surface area contributed by atoms with E-state index in [1.165, 1.54) is 54.9 Å². The van der Waals surface area contributed by atoms with Gasteiger partial charge in [0.2, 0.25) is 0 Å². The van der Waals surface area contributed by atoms with E-state index < -0.39 is 0 Å². The molecule has 0 aromatic heterocycles. The van der Waals surface area contributed by atoms with Crippen LogP contribution in [0.15, 0.2) is 104 Å². The second kappa shape index (κ2) is 9.00. The average molecular weight is 437 g/mol. The van der Waals surface area contributed by atoms with Crippen molar-refractivity contribution in [1.29, 1.82) is 0 Å². The molecule has 164 valence electrons. The third-order valence-corrected chi connectivity index (χ3v) is 6.67. The third-order valence-electron chi connectivity index (χ3n) is 6.67. The van der Waals surface area contributed by atoms with Gasteiger partial charge in [0.15, 0.2) is 0 Å². The Hall–Kier alpha value is -4.16. The molecule has 0 bridgehead atoms. The quantitative estimate of drug-likeness (QED) is 0.257. The highest BCUT2D eigenvalue weighted by molar-refractivity contribution is 6.15. The molecular formula is C34H28. The Morgan fingerprint density at radius 2 is 1.26 bits per heavy atom. The summed E-state index contributed by atoms with van der Waals surface area (Å²) in [6, 6.07) is 30.6. The molecule has 0 heterocycles. The zero-order valence-electron chi connectivity index (χ0n) is 19.8. The normalized spacial score (nSPS) is 11.4. The van der Waals surface area contributed by atoms with Crippen LogP contribution in [0.4, 0.5) is 0 Å². The fourth-order valence-electron chi connectivity index (χ4n) is 5.15. The summed E-state index contributed by atoms with van der Waals surface area (Å²) in [6.45, 7) is 12.7. The van der Waals surface area contributed by atoms with Gasteiger partial charge in [-0.15, -0.1) is 0 Å². The molecule has 0 spiro atoms. The van der Waals surface area contributed by atoms with Gasteiger partial charge < -0.3 is 0 Å². The van der Waals surface area contributed by atoms with Crippen molar-refractivity contribution in [1.82, 2.24) is 0 Å². The first-order valence-electron chi connectivity index (χ1n) is 11.7. The molecular weight excluding hydrogens is 408 g/mol. The lowest BCUT2D eigenvalue weighted by Gasteiger charge is -2.21. The smallest absolute Gasteiger partial charge is 0.00204 e. The Morgan fingerprint density at radius 1 is 0.647 bits per heavy atom. The summed E-state index contributed by atoms with van der Waals surface area (Å²) in [5.41, 5.74) is 9.58. The van der Waals surface area contributed by atoms with E-state index in [-0.39, 0.29) is 0 Å². The fourth-order valence-corrected chi connectivity index (χ4v) is 5.15. The highest BCUT2D eigenvalue weighted by Gasteiger charge is 2.20. The molecule has 0 aliphatic heterocycles. The second-order valence-electron chi connectivity index (χ2n) is 8.63. The lowest BCUT2D eigenvalue weighted by Crippen LogP contribution is -1.97. The molecule has 0 saturated carbocycles. The van der Waals surface area contributed by atoms with E-state index in [0.717, 1.165) is 11.1 Å². The first-order valence-corrected chi connectivity index (χ1v) is 11.7. The maximum atomic E-state index is 4.25. The van der Waals surface area contributed by atoms with Crippen LogP contribution in [0.25, 0.3) is 62.0 Å². The second-order valence-corrected chi connectivity index (χ2v) is 8.63. The summed E-state index contributed by atoms with van der Waals surface area (Å²) < 4.78 is 0. The number of benzene rings is 5. The van der Waals surface area contributed by atoms with Crippen LogP contribution in [0.2, 0.25) is 0 Å². The van der Waals surface area contributed by atoms with Crippen molar-refractivity contribution in [3.05, 3.63) is 126 Å². The number of aryl methyl sites for hydroxylation is 1. The molecule has 34 heavy (non-hydrogen) atoms. The van der Waals surface area contributed by atoms with Gasteiger partial charge in [-0.3, -0.25) is 0 Å². The van der Waals surface area contributed by atoms with E-state index in [4.69, 9.17) is 0 Å². The zero-order chi connectivity index (χ0) is 23.7. The lowest BCUT2D eigenvalue weighted by molar-refractivity contribution is 1.44. The Bertz CT molecular complexity index is 1590. The van der Waals surface area contributed by atoms with Gasteiger partial charge in [-0.25, -0.2) is 0 Å². The van der Waals surface area contributed by atoms with Crippen molar-refractivity contribution in [2.24, 2.45) is 0 Å². The summed E-state index contributed by atoms with van der Waals surface area (Å²) in [7, 11) is 0. The zero-order valence-corrected chi connectivity index (χ0v) is 19.8. The van der Waals surface area contributed by atoms with Crippen LogP contribution in [0.3, 0.4) is 0 Å². The minimum atomic E-state index is 1.12. The number of rotatable bonds is 5. The van der Waals surface area contributed by atoms with Gasteiger partial charge in [0, 0.05) is 0 Å². The summed E-state index contributed by atoms with van der Waals surface area (Å²) in [6.07, 6.45) is 8.22. The molecule has 5 aromatic carbocycles. The predicted octanol–water partition coefficient (Wildman–Crippen LogP) is 9.95. The predicted molar refractivity (Wildman–Crippen MR) is 152 cm³/mol. The van der Waals surface area contributed by atoms with Gasteiger partial charge in [0.25, 0.3) is 0 Å². The molecule has 0 unspecified atom stereocenters. The van der Waals surface area contributed by atoms with Crippen LogP contribution in [-0.4, -0.2) is 0 Å². The van der Waals surface area contributed by atoms with Crippen LogP contribution in [0.1, 0.15) is 29.2 Å². The maximum Gasteiger partial charge on any atom is -0.00204 e. The molecule has 0 nitrogen and oxygen atoms in total. The standard InChI is InChI=1S/C34H28/c1-5-13-24-20-21-26(22-23(24)4)33-27(6-2)28(7-3)34(32-18-11-10-17-31(32)33)30-19-12-15-25-14-8-9-16-29(25)30/h5-22H,2-3H2,1,4H3. The SMILES string of the molecule is C=Cc1c(C=C)c(-c2cccc3ccccc23)c2ccccc2c1-c1ccc(C=CC)c(C)c1. The molecule has 5 aromatic rings. The number of hydrogen-bond donors (Lipinski definition) is 0. The van der Waals surface area contributed by atoms with E-state index in [9.17, 15) is 0 Å². The van der Waals surface area contributed by atoms with Crippen LogP contribution in [0.5, 0.6) is 0 Å². The number of allylic oxidation sites excluding steroid dienone is 1. The Morgan fingerprint density at radius 3 is 1.94 bits per heavy atom. The summed E-state index contributed by atoms with van der Waals surface area (Å²) in [5.74, 6) is 0. The fraction of sp³-hybridized carbons (Fsp3) is 0.0588. The highest BCUT2D eigenvalue weighted by atomic mass is 14.2. The number of fused-ring (bicyclic) bond motifs is 2. The summed E-state index contributed by atoms with van der Waals surface area (Å²) in [4.78, 5) is 0. The highest BCUT2D eigenvalue weighted by Crippen LogP contribution is 2.45. The van der Waals surface area contributed by atoms with Gasteiger partial charge in [-0.2, -0.15) is 0 Å². The molecule has 0 radical (unpaired) electrons. The molecule has 0 heteroatoms. The molecule has 0 aliphatic carbocycles. The minimum absolute atomic E-state index is 1.12. The molecule has 0 amide bonds. The van der Waals surface area contributed by atoms with Crippen molar-refractivity contribution >= 4 is 39.8 Å². The van der Waals surface area contributed by atoms with Gasteiger partial charge in [-0.1, -0.05) is 122 Å². The summed E-state index contributed by atoms with van der Waals surface area (Å²) in [5, 5.41) is 4.93. The van der Waals surface area contributed by atoms with E-state index in [1.807, 2.05) is 12.2 Å². The Balaban J connectivity index is 1.93. The van der Waals surface area contributed by atoms with Gasteiger partial charge in [0.05, 0.1) is 0 Å². The topological polar surface area (TPSA) is 0 Å². The molecule has 0 fully saturated rings. The van der Waals surface area contributed by atoms with Crippen molar-refractivity contribution in [2.45, 2.75) is 13.8 Å². The van der Waals surface area contributed by atoms with Crippen molar-refractivity contribution < 1.29 is 0 Å². The first kappa shape index (κ1) is 21.7. The lowest BCUT2D eigenvalue weighted by atomic mass is 9.82. The van der Waals surface area contributed by atoms with Gasteiger partial charge >= 0.3 is 0 Å². The van der Waals surface area contributed by atoms with Crippen molar-refractivity contribution in [3.8, 4) is 22.3 Å². The molecule has 0 aliphatic rings. The molecule has 5 rings (SSSR count). The minimum Gasteiger partial charge on any atom is -0.0984 e. The molecule has 0 atom stereocenters. The maximum absolute atomic E-state index is 4.25. The van der Waals surface area contributed by atoms with Crippen LogP contribution in [-0.2, 0) is 0 Å². The average Bonchev–Trinajstić information content (AvgIpc) is 2.88. The van der Waals surface area contributed by atoms with E-state index in [0.29, 0.717) is 0 Å². The Kier molecular flexibility index (Phi) is 5.74. The largest absolute Gasteiger partial charge is 0.0984 e. The van der Waals surface area contributed by atoms with Gasteiger partial charge in [-0.05, 0) is 79.9 Å². The van der Waals surface area contributed by atoms with E-state index in [2.05, 4.69) is 124 Å². The van der Waals surface area contributed by atoms with Gasteiger partial charge in [0.1, 0.15) is 0 Å². The van der Waals surface area contributed by atoms with Crippen LogP contribution >= 0.6 is 0 Å². The molecule has 0 saturated heterocycles. The van der Waals surface area contributed by atoms with Crippen molar-refractivity contribution in [2.75, 3.05) is 0 Å². The van der Waals surface area contributed by atoms with E-state index >= 15 is 0 Å². The van der Waals surface area contributed by atoms with Crippen LogP contribution in [0, 0.1) is 6.92 Å². The van der Waals surface area contributed by atoms with Crippen molar-refractivity contribution in [3.63, 3.8) is 0 Å². The number of hydrogen-bond acceptors (Lipinski definition) is 0. The monoisotopic (exact) mass is 436 g/mol. The Labute approximate surface area is 202 Å². The first-order chi connectivity index (χ1) is 16.7. The third kappa shape index (κ3) is 3.49. The molecule has 0 N–H and O–H groups in total. The van der Waals surface area contributed by atoms with E-state index in [1.54, 1.807) is 0 Å². The summed E-state index contributed by atoms with van der Waals surface area (Å²) >= 11 is 0.